The van der Waals surface area contributed by atoms with Gasteiger partial charge in [0.05, 0.1) is 12.6 Å². The van der Waals surface area contributed by atoms with Crippen LogP contribution in [-0.2, 0) is 4.79 Å². The van der Waals surface area contributed by atoms with Crippen molar-refractivity contribution in [3.8, 4) is 0 Å². The van der Waals surface area contributed by atoms with Crippen molar-refractivity contribution in [2.75, 3.05) is 13.1 Å². The summed E-state index contributed by atoms with van der Waals surface area (Å²) in [6.45, 7) is 5.06. The molecule has 26 heavy (non-hydrogen) atoms. The molecule has 2 aliphatic rings. The van der Waals surface area contributed by atoms with Gasteiger partial charge in [0, 0.05) is 25.0 Å². The fourth-order valence-corrected chi connectivity index (χ4v) is 4.44. The fraction of sp³-hybridized carbons (Fsp3) is 0.667. The third-order valence-corrected chi connectivity index (χ3v) is 5.62. The molecule has 3 rings (SSSR count). The highest BCUT2D eigenvalue weighted by Gasteiger charge is 2.35. The highest BCUT2D eigenvalue weighted by atomic mass is 19.1. The van der Waals surface area contributed by atoms with E-state index < -0.39 is 6.10 Å². The van der Waals surface area contributed by atoms with Gasteiger partial charge in [0.2, 0.25) is 5.91 Å². The molecule has 1 aromatic carbocycles. The Bertz CT molecular complexity index is 593. The molecule has 144 valence electrons. The van der Waals surface area contributed by atoms with Crippen LogP contribution < -0.4 is 5.32 Å². The summed E-state index contributed by atoms with van der Waals surface area (Å²) in [5, 5.41) is 14.1. The minimum Gasteiger partial charge on any atom is -0.387 e. The maximum absolute atomic E-state index is 13.1. The average Bonchev–Trinajstić information content (AvgIpc) is 2.93. The number of nitrogens with zero attached hydrogens (tertiary/aromatic N) is 1. The van der Waals surface area contributed by atoms with Crippen LogP contribution in [0.15, 0.2) is 24.3 Å². The molecule has 0 aromatic heterocycles. The Hall–Kier alpha value is -1.46. The molecule has 0 aliphatic carbocycles. The molecule has 1 aromatic rings. The second-order valence-corrected chi connectivity index (χ2v) is 8.44. The number of nitrogens with one attached hydrogen (secondary N) is 1. The van der Waals surface area contributed by atoms with Gasteiger partial charge in [0.1, 0.15) is 5.82 Å². The molecular formula is C21H31FN2O2. The van der Waals surface area contributed by atoms with Gasteiger partial charge in [0.15, 0.2) is 0 Å². The summed E-state index contributed by atoms with van der Waals surface area (Å²) >= 11 is 0. The molecule has 2 heterocycles. The lowest BCUT2D eigenvalue weighted by atomic mass is 9.89. The van der Waals surface area contributed by atoms with Crippen LogP contribution in [0.25, 0.3) is 0 Å². The van der Waals surface area contributed by atoms with Gasteiger partial charge in [-0.25, -0.2) is 4.39 Å². The van der Waals surface area contributed by atoms with E-state index in [1.54, 1.807) is 17.0 Å². The van der Waals surface area contributed by atoms with Crippen molar-refractivity contribution in [2.45, 2.75) is 64.1 Å². The number of aliphatic hydroxyl groups is 1. The Kier molecular flexibility index (Phi) is 6.30. The van der Waals surface area contributed by atoms with Crippen molar-refractivity contribution in [2.24, 2.45) is 11.8 Å². The highest BCUT2D eigenvalue weighted by Crippen LogP contribution is 2.33. The number of hydrogen-bond donors (Lipinski definition) is 2. The topological polar surface area (TPSA) is 52.6 Å². The zero-order valence-corrected chi connectivity index (χ0v) is 15.8. The number of carbonyl (C=O) groups excluding carboxylic acids is 1. The molecule has 1 amide bonds. The number of halogens is 1. The molecule has 5 heteroatoms. The van der Waals surface area contributed by atoms with Crippen molar-refractivity contribution >= 4 is 5.91 Å². The van der Waals surface area contributed by atoms with Crippen molar-refractivity contribution in [3.05, 3.63) is 35.6 Å². The molecule has 2 saturated heterocycles. The van der Waals surface area contributed by atoms with Crippen molar-refractivity contribution in [1.82, 2.24) is 10.2 Å². The molecule has 0 spiro atoms. The molecule has 3 unspecified atom stereocenters. The minimum absolute atomic E-state index is 0.131. The predicted octanol–water partition coefficient (Wildman–Crippen LogP) is 3.26. The van der Waals surface area contributed by atoms with Gasteiger partial charge in [-0.05, 0) is 55.2 Å². The van der Waals surface area contributed by atoms with Crippen LogP contribution in [0.3, 0.4) is 0 Å². The summed E-state index contributed by atoms with van der Waals surface area (Å²) in [5.74, 6) is 0.588. The number of piperidine rings is 1. The summed E-state index contributed by atoms with van der Waals surface area (Å²) in [5.41, 5.74) is 0.646. The van der Waals surface area contributed by atoms with E-state index in [4.69, 9.17) is 0 Å². The number of hydrogen-bond acceptors (Lipinski definition) is 3. The molecule has 2 bridgehead atoms. The van der Waals surface area contributed by atoms with Gasteiger partial charge in [0.25, 0.3) is 0 Å². The summed E-state index contributed by atoms with van der Waals surface area (Å²) in [6, 6.07) is 7.02. The fourth-order valence-electron chi connectivity index (χ4n) is 4.44. The first-order valence-corrected chi connectivity index (χ1v) is 9.88. The zero-order chi connectivity index (χ0) is 18.7. The lowest BCUT2D eigenvalue weighted by Gasteiger charge is -2.32. The average molecular weight is 362 g/mol. The van der Waals surface area contributed by atoms with Gasteiger partial charge >= 0.3 is 0 Å². The summed E-state index contributed by atoms with van der Waals surface area (Å²) in [6.07, 6.45) is 4.40. The number of fused-ring (bicyclic) bond motifs is 2. The summed E-state index contributed by atoms with van der Waals surface area (Å²) in [7, 11) is 0. The number of aliphatic hydroxyl groups excluding tert-OH is 1. The predicted molar refractivity (Wildman–Crippen MR) is 100 cm³/mol. The van der Waals surface area contributed by atoms with Gasteiger partial charge in [-0.1, -0.05) is 26.0 Å². The lowest BCUT2D eigenvalue weighted by Crippen LogP contribution is -2.42. The SMILES string of the molecule is CC(C)CN(CC(O)c1ccc(F)cc1)C(=O)CC1CC2CCC(C1)N2. The van der Waals surface area contributed by atoms with Crippen LogP contribution in [0.2, 0.25) is 0 Å². The molecule has 4 nitrogen and oxygen atoms in total. The van der Waals surface area contributed by atoms with E-state index in [1.165, 1.54) is 25.0 Å². The van der Waals surface area contributed by atoms with E-state index >= 15 is 0 Å². The third-order valence-electron chi connectivity index (χ3n) is 5.62. The van der Waals surface area contributed by atoms with Crippen LogP contribution >= 0.6 is 0 Å². The summed E-state index contributed by atoms with van der Waals surface area (Å²) in [4.78, 5) is 14.7. The maximum Gasteiger partial charge on any atom is 0.222 e. The minimum atomic E-state index is -0.789. The van der Waals surface area contributed by atoms with Crippen LogP contribution in [0.4, 0.5) is 4.39 Å². The number of amides is 1. The van der Waals surface area contributed by atoms with Crippen LogP contribution in [0.1, 0.15) is 57.6 Å². The van der Waals surface area contributed by atoms with E-state index in [-0.39, 0.29) is 18.3 Å². The standard InChI is InChI=1S/C21H31FN2O2/c1-14(2)12-24(13-20(25)16-3-5-17(22)6-4-16)21(26)11-15-9-18-7-8-19(10-15)23-18/h3-6,14-15,18-20,23,25H,7-13H2,1-2H3. The van der Waals surface area contributed by atoms with Gasteiger partial charge in [-0.2, -0.15) is 0 Å². The van der Waals surface area contributed by atoms with Crippen molar-refractivity contribution in [3.63, 3.8) is 0 Å². The molecule has 0 saturated carbocycles. The van der Waals surface area contributed by atoms with Crippen LogP contribution in [0, 0.1) is 17.7 Å². The largest absolute Gasteiger partial charge is 0.387 e. The molecule has 2 N–H and O–H groups in total. The highest BCUT2D eigenvalue weighted by molar-refractivity contribution is 5.76. The number of rotatable bonds is 7. The van der Waals surface area contributed by atoms with Gasteiger partial charge in [-0.3, -0.25) is 4.79 Å². The smallest absolute Gasteiger partial charge is 0.222 e. The Morgan fingerprint density at radius 1 is 1.19 bits per heavy atom. The Balaban J connectivity index is 1.60. The molecule has 3 atom stereocenters. The Labute approximate surface area is 155 Å². The van der Waals surface area contributed by atoms with Gasteiger partial charge in [-0.15, -0.1) is 0 Å². The van der Waals surface area contributed by atoms with E-state index in [9.17, 15) is 14.3 Å². The van der Waals surface area contributed by atoms with E-state index in [0.29, 0.717) is 42.4 Å². The van der Waals surface area contributed by atoms with Crippen LogP contribution in [0.5, 0.6) is 0 Å². The first kappa shape index (κ1) is 19.3. The molecule has 0 radical (unpaired) electrons. The van der Waals surface area contributed by atoms with Gasteiger partial charge < -0.3 is 15.3 Å². The molecule has 2 aliphatic heterocycles. The van der Waals surface area contributed by atoms with E-state index in [0.717, 1.165) is 12.8 Å². The lowest BCUT2D eigenvalue weighted by molar-refractivity contribution is -0.134. The molecule has 2 fully saturated rings. The van der Waals surface area contributed by atoms with Crippen LogP contribution in [-0.4, -0.2) is 41.1 Å². The monoisotopic (exact) mass is 362 g/mol. The quantitative estimate of drug-likeness (QED) is 0.783. The molecular weight excluding hydrogens is 331 g/mol. The number of benzene rings is 1. The number of carbonyl (C=O) groups is 1. The first-order valence-electron chi connectivity index (χ1n) is 9.88. The van der Waals surface area contributed by atoms with E-state index in [2.05, 4.69) is 19.2 Å². The Morgan fingerprint density at radius 3 is 2.38 bits per heavy atom. The maximum atomic E-state index is 13.1. The van der Waals surface area contributed by atoms with Crippen molar-refractivity contribution in [1.29, 1.82) is 0 Å². The zero-order valence-electron chi connectivity index (χ0n) is 15.8. The Morgan fingerprint density at radius 2 is 1.81 bits per heavy atom. The second-order valence-electron chi connectivity index (χ2n) is 8.44. The third kappa shape index (κ3) is 5.04. The van der Waals surface area contributed by atoms with Crippen molar-refractivity contribution < 1.29 is 14.3 Å². The summed E-state index contributed by atoms with van der Waals surface area (Å²) < 4.78 is 13.1. The van der Waals surface area contributed by atoms with E-state index in [1.807, 2.05) is 0 Å². The second kappa shape index (κ2) is 8.49. The first-order chi connectivity index (χ1) is 12.4. The normalized spacial score (nSPS) is 26.1.